The first-order chi connectivity index (χ1) is 14.7. The number of unbranched alkanes of at least 4 members (excludes halogenated alkanes) is 10. The maximum atomic E-state index is 9.83. The number of carboxylic acids is 2. The molecule has 7 heteroatoms. The van der Waals surface area contributed by atoms with Gasteiger partial charge in [0.05, 0.1) is 0 Å². The second-order valence-electron chi connectivity index (χ2n) is 7.79. The van der Waals surface area contributed by atoms with E-state index >= 15 is 0 Å². The molecule has 0 aliphatic carbocycles. The van der Waals surface area contributed by atoms with E-state index < -0.39 is 24.8 Å². The second-order valence-corrected chi connectivity index (χ2v) is 12.1. The zero-order valence-corrected chi connectivity index (χ0v) is 23.1. The summed E-state index contributed by atoms with van der Waals surface area (Å²) in [6.07, 6.45) is 16.9. The van der Waals surface area contributed by atoms with Crippen molar-refractivity contribution in [2.24, 2.45) is 0 Å². The fourth-order valence-corrected chi connectivity index (χ4v) is 6.16. The molecule has 0 N–H and O–H groups in total. The van der Waals surface area contributed by atoms with Crippen LogP contribution in [-0.4, -0.2) is 44.6 Å². The third-order valence-corrected chi connectivity index (χ3v) is 8.24. The molecule has 0 aromatic carbocycles. The van der Waals surface area contributed by atoms with E-state index in [0.717, 1.165) is 0 Å². The summed E-state index contributed by atoms with van der Waals surface area (Å²) in [4.78, 5) is 38.6. The van der Waals surface area contributed by atoms with Crippen LogP contribution in [-0.2, 0) is 19.2 Å². The number of carbonyl (C=O) groups excluding carboxylic acids is 4. The average molecular weight is 547 g/mol. The number of Topliss-reactive ketones (excluding diaryl/α,β-unsaturated/α-hetero) is 2. The first-order valence-corrected chi connectivity index (χ1v) is 15.8. The van der Waals surface area contributed by atoms with Crippen molar-refractivity contribution in [3.05, 3.63) is 0 Å². The molecule has 0 heterocycles. The Labute approximate surface area is 200 Å². The van der Waals surface area contributed by atoms with Crippen LogP contribution in [0.5, 0.6) is 0 Å². The number of carboxylic acid groups (broad SMARTS) is 2. The summed E-state index contributed by atoms with van der Waals surface area (Å²) in [5.41, 5.74) is 0. The summed E-state index contributed by atoms with van der Waals surface area (Å²) >= 11 is 0.0736. The predicted octanol–water partition coefficient (Wildman–Crippen LogP) is 3.68. The van der Waals surface area contributed by atoms with E-state index in [1.807, 2.05) is 0 Å². The summed E-state index contributed by atoms with van der Waals surface area (Å²) in [7, 11) is 0. The van der Waals surface area contributed by atoms with Crippen LogP contribution in [0.1, 0.15) is 118 Å². The summed E-state index contributed by atoms with van der Waals surface area (Å²) in [6, 6.07) is 0. The minimum absolute atomic E-state index is 0.0736. The molecule has 0 aromatic rings. The van der Waals surface area contributed by atoms with E-state index in [1.54, 1.807) is 21.7 Å². The predicted molar refractivity (Wildman–Crippen MR) is 123 cm³/mol. The molecule has 0 radical (unpaired) electrons. The average Bonchev–Trinajstić information content (AvgIpc) is 2.64. The van der Waals surface area contributed by atoms with Gasteiger partial charge in [0.2, 0.25) is 0 Å². The standard InChI is InChI=1S/2C8H17.2C4H6O3.Sn/c2*1-3-5-7-8-6-4-2;2*1-3(5)2-4(6)7;/h2*1,3-8H2,2H3;2*2H2,1H3,(H,6,7);/q;;;;+2/p-2. The molecule has 0 atom stereocenters. The van der Waals surface area contributed by atoms with Crippen LogP contribution in [0.3, 0.4) is 0 Å². The molecule has 0 rings (SSSR count). The molecule has 31 heavy (non-hydrogen) atoms. The molecular weight excluding hydrogens is 503 g/mol. The zero-order chi connectivity index (χ0) is 24.3. The number of rotatable bonds is 18. The van der Waals surface area contributed by atoms with Crippen molar-refractivity contribution in [3.63, 3.8) is 0 Å². The number of ketones is 2. The quantitative estimate of drug-likeness (QED) is 0.147. The molecule has 6 nitrogen and oxygen atoms in total. The van der Waals surface area contributed by atoms with E-state index in [2.05, 4.69) is 13.8 Å². The molecule has 0 unspecified atom stereocenters. The first kappa shape index (κ1) is 34.7. The van der Waals surface area contributed by atoms with Gasteiger partial charge in [-0.25, -0.2) is 0 Å². The van der Waals surface area contributed by atoms with Crippen LogP contribution >= 0.6 is 0 Å². The van der Waals surface area contributed by atoms with Crippen molar-refractivity contribution < 1.29 is 29.4 Å². The van der Waals surface area contributed by atoms with Gasteiger partial charge in [0, 0.05) is 24.8 Å². The van der Waals surface area contributed by atoms with Crippen LogP contribution in [0.25, 0.3) is 0 Å². The molecule has 0 spiro atoms. The maximum absolute atomic E-state index is 9.83. The molecule has 0 aliphatic heterocycles. The Morgan fingerprint density at radius 2 is 0.839 bits per heavy atom. The summed E-state index contributed by atoms with van der Waals surface area (Å²) in [6.45, 7) is 7.01. The van der Waals surface area contributed by atoms with Gasteiger partial charge in [-0.2, -0.15) is 0 Å². The number of hydrogen-bond acceptors (Lipinski definition) is 6. The first-order valence-electron chi connectivity index (χ1n) is 11.8. The van der Waals surface area contributed by atoms with Crippen LogP contribution < -0.4 is 10.2 Å². The monoisotopic (exact) mass is 548 g/mol. The van der Waals surface area contributed by atoms with Gasteiger partial charge in [0.15, 0.2) is 0 Å². The number of hydrogen-bond donors (Lipinski definition) is 0. The van der Waals surface area contributed by atoms with E-state index in [4.69, 9.17) is 0 Å². The van der Waals surface area contributed by atoms with E-state index in [-0.39, 0.29) is 32.7 Å². The normalized spacial score (nSPS) is 9.42. The van der Waals surface area contributed by atoms with Crippen LogP contribution in [0, 0.1) is 0 Å². The van der Waals surface area contributed by atoms with Crippen LogP contribution in [0.2, 0.25) is 8.87 Å². The topological polar surface area (TPSA) is 114 Å². The molecule has 0 aromatic heterocycles. The SMILES string of the molecule is CC(=O)CC(=O)[O-].CC(=O)CC(=O)[O-].CCCCCCC[CH2][Sn+2][CH2]CCCCCCC. The number of carbonyl (C=O) groups is 4. The molecule has 0 saturated heterocycles. The molecule has 0 aliphatic rings. The van der Waals surface area contributed by atoms with Crippen molar-refractivity contribution in [2.75, 3.05) is 0 Å². The van der Waals surface area contributed by atoms with Gasteiger partial charge in [0.1, 0.15) is 11.6 Å². The summed E-state index contributed by atoms with van der Waals surface area (Å²) < 4.78 is 3.31. The van der Waals surface area contributed by atoms with Crippen molar-refractivity contribution >= 4 is 44.6 Å². The van der Waals surface area contributed by atoms with Crippen molar-refractivity contribution in [1.82, 2.24) is 0 Å². The van der Waals surface area contributed by atoms with Gasteiger partial charge in [-0.15, -0.1) is 0 Å². The second kappa shape index (κ2) is 29.1. The van der Waals surface area contributed by atoms with Gasteiger partial charge < -0.3 is 19.8 Å². The third kappa shape index (κ3) is 48.0. The molecular formula is C24H44O6Sn. The Bertz CT molecular complexity index is 387. The van der Waals surface area contributed by atoms with Crippen LogP contribution in [0.15, 0.2) is 0 Å². The van der Waals surface area contributed by atoms with E-state index in [0.29, 0.717) is 0 Å². The Kier molecular flexibility index (Phi) is 32.5. The van der Waals surface area contributed by atoms with E-state index in [9.17, 15) is 29.4 Å². The Balaban J connectivity index is -0.000000460. The van der Waals surface area contributed by atoms with Gasteiger partial charge in [-0.05, 0) is 13.8 Å². The summed E-state index contributed by atoms with van der Waals surface area (Å²) in [5, 5.41) is 19.0. The Hall–Kier alpha value is -0.921. The molecule has 0 amide bonds. The molecule has 180 valence electrons. The third-order valence-electron chi connectivity index (χ3n) is 4.20. The molecule has 0 saturated carbocycles. The minimum atomic E-state index is -1.31. The van der Waals surface area contributed by atoms with Gasteiger partial charge >= 0.3 is 121 Å². The van der Waals surface area contributed by atoms with Gasteiger partial charge in [-0.3, -0.25) is 9.59 Å². The van der Waals surface area contributed by atoms with Gasteiger partial charge in [0.25, 0.3) is 0 Å². The van der Waals surface area contributed by atoms with Crippen molar-refractivity contribution in [1.29, 1.82) is 0 Å². The van der Waals surface area contributed by atoms with Crippen molar-refractivity contribution in [3.8, 4) is 0 Å². The van der Waals surface area contributed by atoms with Crippen molar-refractivity contribution in [2.45, 2.75) is 126 Å². The molecule has 0 fully saturated rings. The zero-order valence-electron chi connectivity index (χ0n) is 20.3. The summed E-state index contributed by atoms with van der Waals surface area (Å²) in [5.74, 6) is -3.37. The number of aliphatic carboxylic acids is 2. The van der Waals surface area contributed by atoms with Gasteiger partial charge in [-0.1, -0.05) is 0 Å². The van der Waals surface area contributed by atoms with Crippen LogP contribution in [0.4, 0.5) is 0 Å². The van der Waals surface area contributed by atoms with E-state index in [1.165, 1.54) is 78.1 Å². The fourth-order valence-electron chi connectivity index (χ4n) is 2.59. The Morgan fingerprint density at radius 1 is 0.548 bits per heavy atom. The molecule has 0 bridgehead atoms. The Morgan fingerprint density at radius 3 is 1.06 bits per heavy atom. The fraction of sp³-hybridized carbons (Fsp3) is 0.833.